The molecule has 0 aromatic rings. The van der Waals surface area contributed by atoms with Crippen molar-refractivity contribution in [1.29, 1.82) is 0 Å². The van der Waals surface area contributed by atoms with Gasteiger partial charge in [-0.3, -0.25) is 0 Å². The number of nitrogens with two attached hydrogens (primary N) is 1. The Labute approximate surface area is 117 Å². The van der Waals surface area contributed by atoms with Crippen LogP contribution < -0.4 is 11.1 Å². The van der Waals surface area contributed by atoms with Crippen LogP contribution in [0, 0.1) is 5.41 Å². The first-order valence-corrected chi connectivity index (χ1v) is 7.39. The predicted octanol–water partition coefficient (Wildman–Crippen LogP) is 1.61. The maximum Gasteiger partial charge on any atom is 0.144 e. The standard InChI is InChI=1S/C14H30N4O/c1-12(11-18-9-5-4-6-10-18)16-8-7-14(2,3)13(15)17-19/h12,16,19H,4-11H2,1-3H3,(H2,15,17). The number of nitrogens with one attached hydrogen (secondary N) is 1. The predicted molar refractivity (Wildman–Crippen MR) is 79.6 cm³/mol. The maximum atomic E-state index is 8.73. The van der Waals surface area contributed by atoms with E-state index in [9.17, 15) is 0 Å². The average Bonchev–Trinajstić information content (AvgIpc) is 2.38. The van der Waals surface area contributed by atoms with Crippen LogP contribution in [-0.4, -0.2) is 48.2 Å². The van der Waals surface area contributed by atoms with Gasteiger partial charge in [-0.25, -0.2) is 0 Å². The van der Waals surface area contributed by atoms with E-state index in [-0.39, 0.29) is 5.41 Å². The summed E-state index contributed by atoms with van der Waals surface area (Å²) in [6, 6.07) is 0.487. The molecule has 1 saturated heterocycles. The molecule has 1 fully saturated rings. The number of oxime groups is 1. The normalized spacial score (nSPS) is 20.5. The van der Waals surface area contributed by atoms with Crippen LogP contribution in [0.4, 0.5) is 0 Å². The number of nitrogens with zero attached hydrogens (tertiary/aromatic N) is 2. The van der Waals surface area contributed by atoms with Crippen LogP contribution in [0.3, 0.4) is 0 Å². The van der Waals surface area contributed by atoms with Crippen molar-refractivity contribution in [2.45, 2.75) is 52.5 Å². The van der Waals surface area contributed by atoms with Crippen molar-refractivity contribution >= 4 is 5.84 Å². The fraction of sp³-hybridized carbons (Fsp3) is 0.929. The molecule has 112 valence electrons. The Kier molecular flexibility index (Phi) is 6.58. The van der Waals surface area contributed by atoms with E-state index < -0.39 is 0 Å². The minimum Gasteiger partial charge on any atom is -0.409 e. The molecule has 4 N–H and O–H groups in total. The van der Waals surface area contributed by atoms with E-state index in [2.05, 4.69) is 22.3 Å². The highest BCUT2D eigenvalue weighted by molar-refractivity contribution is 5.85. The fourth-order valence-electron chi connectivity index (χ4n) is 2.49. The third-order valence-corrected chi connectivity index (χ3v) is 4.02. The van der Waals surface area contributed by atoms with Gasteiger partial charge in [-0.1, -0.05) is 25.4 Å². The van der Waals surface area contributed by atoms with Crippen LogP contribution in [0.2, 0.25) is 0 Å². The first-order valence-electron chi connectivity index (χ1n) is 7.39. The number of hydrogen-bond donors (Lipinski definition) is 3. The molecule has 1 atom stereocenters. The monoisotopic (exact) mass is 270 g/mol. The van der Waals surface area contributed by atoms with Crippen molar-refractivity contribution in [3.63, 3.8) is 0 Å². The van der Waals surface area contributed by atoms with Gasteiger partial charge in [0.1, 0.15) is 5.84 Å². The second-order valence-electron chi connectivity index (χ2n) is 6.34. The van der Waals surface area contributed by atoms with Gasteiger partial charge in [-0.15, -0.1) is 0 Å². The van der Waals surface area contributed by atoms with Gasteiger partial charge in [0.2, 0.25) is 0 Å². The van der Waals surface area contributed by atoms with Gasteiger partial charge in [-0.2, -0.15) is 0 Å². The van der Waals surface area contributed by atoms with Gasteiger partial charge >= 0.3 is 0 Å². The smallest absolute Gasteiger partial charge is 0.144 e. The van der Waals surface area contributed by atoms with E-state index in [0.29, 0.717) is 11.9 Å². The van der Waals surface area contributed by atoms with Crippen molar-refractivity contribution in [3.05, 3.63) is 0 Å². The summed E-state index contributed by atoms with van der Waals surface area (Å²) in [4.78, 5) is 2.54. The molecule has 5 nitrogen and oxygen atoms in total. The van der Waals surface area contributed by atoms with Gasteiger partial charge in [-0.05, 0) is 45.8 Å². The molecule has 19 heavy (non-hydrogen) atoms. The molecule has 0 aliphatic carbocycles. The molecular weight excluding hydrogens is 240 g/mol. The highest BCUT2D eigenvalue weighted by atomic mass is 16.4. The fourth-order valence-corrected chi connectivity index (χ4v) is 2.49. The molecule has 0 bridgehead atoms. The third kappa shape index (κ3) is 5.78. The SMILES string of the molecule is CC(CN1CCCCC1)NCCC(C)(C)C(N)=NO. The summed E-state index contributed by atoms with van der Waals surface area (Å²) in [5.74, 6) is 0.304. The molecule has 5 heteroatoms. The second-order valence-corrected chi connectivity index (χ2v) is 6.34. The highest BCUT2D eigenvalue weighted by Gasteiger charge is 2.23. The molecule has 1 heterocycles. The van der Waals surface area contributed by atoms with Crippen LogP contribution >= 0.6 is 0 Å². The Hall–Kier alpha value is -0.810. The van der Waals surface area contributed by atoms with Crippen molar-refractivity contribution in [2.75, 3.05) is 26.2 Å². The minimum absolute atomic E-state index is 0.257. The van der Waals surface area contributed by atoms with Crippen molar-refractivity contribution < 1.29 is 5.21 Å². The minimum atomic E-state index is -0.257. The van der Waals surface area contributed by atoms with E-state index >= 15 is 0 Å². The quantitative estimate of drug-likeness (QED) is 0.284. The van der Waals surface area contributed by atoms with E-state index in [1.165, 1.54) is 32.4 Å². The van der Waals surface area contributed by atoms with Crippen molar-refractivity contribution in [2.24, 2.45) is 16.3 Å². The molecule has 1 unspecified atom stereocenters. The van der Waals surface area contributed by atoms with Crippen LogP contribution in [0.5, 0.6) is 0 Å². The zero-order valence-corrected chi connectivity index (χ0v) is 12.7. The van der Waals surface area contributed by atoms with E-state index in [1.807, 2.05) is 13.8 Å². The van der Waals surface area contributed by atoms with Crippen LogP contribution in [0.1, 0.15) is 46.5 Å². The van der Waals surface area contributed by atoms with Crippen LogP contribution in [-0.2, 0) is 0 Å². The second kappa shape index (κ2) is 7.70. The van der Waals surface area contributed by atoms with E-state index in [4.69, 9.17) is 10.9 Å². The van der Waals surface area contributed by atoms with Gasteiger partial charge in [0.05, 0.1) is 0 Å². The summed E-state index contributed by atoms with van der Waals surface area (Å²) in [5.41, 5.74) is 5.42. The van der Waals surface area contributed by atoms with E-state index in [1.54, 1.807) is 0 Å². The lowest BCUT2D eigenvalue weighted by atomic mass is 9.88. The number of likely N-dealkylation sites (tertiary alicyclic amines) is 1. The Balaban J connectivity index is 2.21. The van der Waals surface area contributed by atoms with Crippen LogP contribution in [0.25, 0.3) is 0 Å². The highest BCUT2D eigenvalue weighted by Crippen LogP contribution is 2.19. The zero-order valence-electron chi connectivity index (χ0n) is 12.7. The molecule has 1 aliphatic heterocycles. The van der Waals surface area contributed by atoms with Gasteiger partial charge in [0.15, 0.2) is 0 Å². The van der Waals surface area contributed by atoms with Crippen molar-refractivity contribution in [3.8, 4) is 0 Å². The summed E-state index contributed by atoms with van der Waals surface area (Å²) in [7, 11) is 0. The third-order valence-electron chi connectivity index (χ3n) is 4.02. The van der Waals surface area contributed by atoms with E-state index in [0.717, 1.165) is 19.5 Å². The largest absolute Gasteiger partial charge is 0.409 e. The summed E-state index contributed by atoms with van der Waals surface area (Å²) >= 11 is 0. The summed E-state index contributed by atoms with van der Waals surface area (Å²) < 4.78 is 0. The molecule has 0 aromatic heterocycles. The average molecular weight is 270 g/mol. The van der Waals surface area contributed by atoms with Gasteiger partial charge in [0.25, 0.3) is 0 Å². The lowest BCUT2D eigenvalue weighted by Gasteiger charge is -2.30. The number of rotatable bonds is 7. The van der Waals surface area contributed by atoms with Gasteiger partial charge < -0.3 is 21.2 Å². The lowest BCUT2D eigenvalue weighted by molar-refractivity contribution is 0.208. The van der Waals surface area contributed by atoms with Crippen LogP contribution in [0.15, 0.2) is 5.16 Å². The van der Waals surface area contributed by atoms with Crippen molar-refractivity contribution in [1.82, 2.24) is 10.2 Å². The Morgan fingerprint density at radius 2 is 2.00 bits per heavy atom. The summed E-state index contributed by atoms with van der Waals surface area (Å²) in [6.07, 6.45) is 4.92. The molecule has 0 saturated carbocycles. The Morgan fingerprint density at radius 3 is 2.58 bits per heavy atom. The molecule has 1 rings (SSSR count). The number of hydrogen-bond acceptors (Lipinski definition) is 4. The summed E-state index contributed by atoms with van der Waals surface area (Å²) in [6.45, 7) is 10.7. The van der Waals surface area contributed by atoms with Gasteiger partial charge in [0, 0.05) is 18.0 Å². The molecule has 1 aliphatic rings. The molecule has 0 aromatic carbocycles. The molecule has 0 radical (unpaired) electrons. The topological polar surface area (TPSA) is 73.9 Å². The lowest BCUT2D eigenvalue weighted by Crippen LogP contribution is -2.43. The first-order chi connectivity index (χ1) is 8.95. The maximum absolute atomic E-state index is 8.73. The number of piperidine rings is 1. The number of amidine groups is 1. The Bertz CT molecular complexity index is 285. The molecule has 0 amide bonds. The molecular formula is C14H30N4O. The molecule has 0 spiro atoms. The summed E-state index contributed by atoms with van der Waals surface area (Å²) in [5, 5.41) is 15.4. The Morgan fingerprint density at radius 1 is 1.37 bits per heavy atom. The zero-order chi connectivity index (χ0) is 14.3. The first kappa shape index (κ1) is 16.2.